The third kappa shape index (κ3) is 5.18. The van der Waals surface area contributed by atoms with Crippen molar-refractivity contribution in [1.29, 1.82) is 0 Å². The number of amides is 2. The van der Waals surface area contributed by atoms with E-state index >= 15 is 0 Å². The van der Waals surface area contributed by atoms with Crippen LogP contribution in [0.4, 0.5) is 0 Å². The van der Waals surface area contributed by atoms with Crippen LogP contribution in [0.2, 0.25) is 0 Å². The van der Waals surface area contributed by atoms with Crippen molar-refractivity contribution in [2.45, 2.75) is 51.5 Å². The van der Waals surface area contributed by atoms with Gasteiger partial charge in [-0.25, -0.2) is 5.43 Å². The lowest BCUT2D eigenvalue weighted by Gasteiger charge is -2.54. The summed E-state index contributed by atoms with van der Waals surface area (Å²) < 4.78 is 6.36. The predicted molar refractivity (Wildman–Crippen MR) is 114 cm³/mol. The van der Waals surface area contributed by atoms with E-state index in [1.807, 2.05) is 12.1 Å². The standard InChI is InChI=1S/C22H28BrN3O3/c1-13(25-26-21(28)12-29-19-4-2-18(23)3-5-19)6-20(27)24-22-16-8-14-7-15(10-16)11-17(22)9-14/h2-5,14-17,22H,6-12H2,1H3,(H,24,27)(H,26,28)/b25-13+. The van der Waals surface area contributed by atoms with Gasteiger partial charge in [-0.05, 0) is 87.0 Å². The van der Waals surface area contributed by atoms with Gasteiger partial charge in [0.2, 0.25) is 5.91 Å². The van der Waals surface area contributed by atoms with Gasteiger partial charge in [-0.3, -0.25) is 9.59 Å². The fourth-order valence-corrected chi connectivity index (χ4v) is 5.80. The van der Waals surface area contributed by atoms with Crippen LogP contribution in [-0.4, -0.2) is 30.2 Å². The first kappa shape index (κ1) is 20.4. The van der Waals surface area contributed by atoms with Crippen molar-refractivity contribution in [1.82, 2.24) is 10.7 Å². The maximum absolute atomic E-state index is 12.5. The number of nitrogens with one attached hydrogen (secondary N) is 2. The Kier molecular flexibility index (Phi) is 6.23. The highest BCUT2D eigenvalue weighted by atomic mass is 79.9. The summed E-state index contributed by atoms with van der Waals surface area (Å²) in [6.45, 7) is 1.63. The summed E-state index contributed by atoms with van der Waals surface area (Å²) in [5.41, 5.74) is 3.05. The molecular weight excluding hydrogens is 434 g/mol. The zero-order chi connectivity index (χ0) is 20.4. The second-order valence-corrected chi connectivity index (χ2v) is 9.74. The van der Waals surface area contributed by atoms with Crippen molar-refractivity contribution in [3.05, 3.63) is 28.7 Å². The number of hydrogen-bond donors (Lipinski definition) is 2. The molecule has 156 valence electrons. The van der Waals surface area contributed by atoms with Gasteiger partial charge < -0.3 is 10.1 Å². The number of nitrogens with zero attached hydrogens (tertiary/aromatic N) is 1. The van der Waals surface area contributed by atoms with Gasteiger partial charge >= 0.3 is 0 Å². The Balaban J connectivity index is 1.20. The largest absolute Gasteiger partial charge is 0.484 e. The van der Waals surface area contributed by atoms with Crippen LogP contribution in [-0.2, 0) is 9.59 Å². The van der Waals surface area contributed by atoms with Crippen LogP contribution in [0.15, 0.2) is 33.8 Å². The van der Waals surface area contributed by atoms with Crippen molar-refractivity contribution >= 4 is 33.5 Å². The van der Waals surface area contributed by atoms with E-state index in [1.165, 1.54) is 32.1 Å². The molecule has 0 aliphatic heterocycles. The molecule has 4 aliphatic rings. The van der Waals surface area contributed by atoms with Crippen LogP contribution in [0.1, 0.15) is 45.4 Å². The molecule has 2 N–H and O–H groups in total. The summed E-state index contributed by atoms with van der Waals surface area (Å²) in [4.78, 5) is 24.4. The summed E-state index contributed by atoms with van der Waals surface area (Å²) in [6.07, 6.45) is 6.72. The van der Waals surface area contributed by atoms with Crippen LogP contribution in [0, 0.1) is 23.7 Å². The second-order valence-electron chi connectivity index (χ2n) is 8.83. The van der Waals surface area contributed by atoms with Gasteiger partial charge in [-0.15, -0.1) is 0 Å². The molecule has 0 unspecified atom stereocenters. The number of ether oxygens (including phenoxy) is 1. The molecule has 1 aromatic rings. The summed E-state index contributed by atoms with van der Waals surface area (Å²) in [7, 11) is 0. The molecule has 0 heterocycles. The molecular formula is C22H28BrN3O3. The molecule has 0 spiro atoms. The lowest BCUT2D eigenvalue weighted by atomic mass is 9.54. The zero-order valence-electron chi connectivity index (χ0n) is 16.7. The molecule has 7 heteroatoms. The normalized spacial score (nSPS) is 30.1. The lowest BCUT2D eigenvalue weighted by Crippen LogP contribution is -2.56. The molecule has 2 amide bonds. The molecule has 4 fully saturated rings. The molecule has 0 atom stereocenters. The Morgan fingerprint density at radius 1 is 1.03 bits per heavy atom. The number of carbonyl (C=O) groups is 2. The molecule has 0 saturated heterocycles. The zero-order valence-corrected chi connectivity index (χ0v) is 18.3. The third-order valence-corrected chi connectivity index (χ3v) is 7.05. The minimum Gasteiger partial charge on any atom is -0.484 e. The van der Waals surface area contributed by atoms with Gasteiger partial charge in [0.15, 0.2) is 6.61 Å². The van der Waals surface area contributed by atoms with Crippen molar-refractivity contribution < 1.29 is 14.3 Å². The van der Waals surface area contributed by atoms with Crippen LogP contribution in [0.5, 0.6) is 5.75 Å². The first-order valence-electron chi connectivity index (χ1n) is 10.5. The molecule has 5 rings (SSSR count). The summed E-state index contributed by atoms with van der Waals surface area (Å²) in [5.74, 6) is 3.36. The van der Waals surface area contributed by atoms with Crippen molar-refractivity contribution in [3.8, 4) is 5.75 Å². The number of hydrogen-bond acceptors (Lipinski definition) is 4. The Morgan fingerprint density at radius 2 is 1.66 bits per heavy atom. The fraction of sp³-hybridized carbons (Fsp3) is 0.591. The average molecular weight is 462 g/mol. The van der Waals surface area contributed by atoms with E-state index in [0.29, 0.717) is 29.3 Å². The van der Waals surface area contributed by atoms with E-state index in [-0.39, 0.29) is 24.8 Å². The number of carbonyl (C=O) groups excluding carboxylic acids is 2. The topological polar surface area (TPSA) is 79.8 Å². The molecule has 6 nitrogen and oxygen atoms in total. The summed E-state index contributed by atoms with van der Waals surface area (Å²) >= 11 is 3.35. The molecule has 0 aromatic heterocycles. The van der Waals surface area contributed by atoms with Gasteiger partial charge in [0.1, 0.15) is 5.75 Å². The van der Waals surface area contributed by atoms with Crippen molar-refractivity contribution in [3.63, 3.8) is 0 Å². The maximum atomic E-state index is 12.5. The Hall–Kier alpha value is -1.89. The molecule has 4 bridgehead atoms. The maximum Gasteiger partial charge on any atom is 0.277 e. The van der Waals surface area contributed by atoms with E-state index in [0.717, 1.165) is 16.3 Å². The van der Waals surface area contributed by atoms with Crippen LogP contribution in [0.3, 0.4) is 0 Å². The molecule has 4 saturated carbocycles. The van der Waals surface area contributed by atoms with Gasteiger partial charge in [0, 0.05) is 16.2 Å². The van der Waals surface area contributed by atoms with Crippen molar-refractivity contribution in [2.24, 2.45) is 28.8 Å². The Morgan fingerprint density at radius 3 is 2.28 bits per heavy atom. The SMILES string of the molecule is C/C(CC(=O)NC1C2CC3CC(C2)CC1C3)=N\NC(=O)COc1ccc(Br)cc1. The van der Waals surface area contributed by atoms with Gasteiger partial charge in [-0.2, -0.15) is 5.10 Å². The monoisotopic (exact) mass is 461 g/mol. The molecule has 4 aliphatic carbocycles. The minimum atomic E-state index is -0.353. The van der Waals surface area contributed by atoms with Crippen LogP contribution >= 0.6 is 15.9 Å². The van der Waals surface area contributed by atoms with Crippen molar-refractivity contribution in [2.75, 3.05) is 6.61 Å². The smallest absolute Gasteiger partial charge is 0.277 e. The highest BCUT2D eigenvalue weighted by Crippen LogP contribution is 2.53. The van der Waals surface area contributed by atoms with Gasteiger partial charge in [0.05, 0.1) is 6.42 Å². The van der Waals surface area contributed by atoms with Crippen LogP contribution < -0.4 is 15.5 Å². The highest BCUT2D eigenvalue weighted by molar-refractivity contribution is 9.10. The van der Waals surface area contributed by atoms with E-state index in [4.69, 9.17) is 4.74 Å². The second kappa shape index (κ2) is 8.86. The van der Waals surface area contributed by atoms with E-state index in [2.05, 4.69) is 31.8 Å². The number of halogens is 1. The number of rotatable bonds is 7. The number of hydrazone groups is 1. The summed E-state index contributed by atoms with van der Waals surface area (Å²) in [5, 5.41) is 7.31. The third-order valence-electron chi connectivity index (χ3n) is 6.53. The summed E-state index contributed by atoms with van der Waals surface area (Å²) in [6, 6.07) is 7.58. The fourth-order valence-electron chi connectivity index (χ4n) is 5.54. The Labute approximate surface area is 180 Å². The van der Waals surface area contributed by atoms with Gasteiger partial charge in [0.25, 0.3) is 5.91 Å². The first-order chi connectivity index (χ1) is 14.0. The average Bonchev–Trinajstić information content (AvgIpc) is 2.68. The predicted octanol–water partition coefficient (Wildman–Crippen LogP) is 3.65. The number of benzene rings is 1. The van der Waals surface area contributed by atoms with E-state index < -0.39 is 0 Å². The molecule has 1 aromatic carbocycles. The minimum absolute atomic E-state index is 0.00378. The molecule has 0 radical (unpaired) electrons. The van der Waals surface area contributed by atoms with Crippen LogP contribution in [0.25, 0.3) is 0 Å². The van der Waals surface area contributed by atoms with Gasteiger partial charge in [-0.1, -0.05) is 15.9 Å². The van der Waals surface area contributed by atoms with E-state index in [9.17, 15) is 9.59 Å². The first-order valence-corrected chi connectivity index (χ1v) is 11.3. The van der Waals surface area contributed by atoms with E-state index in [1.54, 1.807) is 19.1 Å². The quantitative estimate of drug-likeness (QED) is 0.480. The highest BCUT2D eigenvalue weighted by Gasteiger charge is 2.48. The Bertz CT molecular complexity index is 765. The molecule has 29 heavy (non-hydrogen) atoms. The lowest BCUT2D eigenvalue weighted by molar-refractivity contribution is -0.124.